The van der Waals surface area contributed by atoms with E-state index in [-0.39, 0.29) is 17.2 Å². The molecule has 0 radical (unpaired) electrons. The van der Waals surface area contributed by atoms with Gasteiger partial charge in [0, 0.05) is 18.5 Å². The summed E-state index contributed by atoms with van der Waals surface area (Å²) < 4.78 is 6.07. The third kappa shape index (κ3) is 3.05. The lowest BCUT2D eigenvalue weighted by Gasteiger charge is -2.25. The fourth-order valence-corrected chi connectivity index (χ4v) is 3.99. The number of rotatable bonds is 4. The molecule has 1 aliphatic carbocycles. The van der Waals surface area contributed by atoms with Gasteiger partial charge in [-0.1, -0.05) is 0 Å². The van der Waals surface area contributed by atoms with E-state index in [0.29, 0.717) is 18.7 Å². The molecular weight excluding hydrogens is 334 g/mol. The quantitative estimate of drug-likeness (QED) is 0.757. The van der Waals surface area contributed by atoms with Crippen molar-refractivity contribution in [3.8, 4) is 0 Å². The van der Waals surface area contributed by atoms with E-state index in [1.165, 1.54) is 0 Å². The summed E-state index contributed by atoms with van der Waals surface area (Å²) >= 11 is 0. The van der Waals surface area contributed by atoms with Gasteiger partial charge in [-0.25, -0.2) is 10.2 Å². The molecule has 1 unspecified atom stereocenters. The second-order valence-corrected chi connectivity index (χ2v) is 6.92. The van der Waals surface area contributed by atoms with Gasteiger partial charge in [-0.3, -0.25) is 9.59 Å². The van der Waals surface area contributed by atoms with Crippen LogP contribution >= 0.6 is 0 Å². The number of aromatic nitrogens is 4. The second-order valence-electron chi connectivity index (χ2n) is 6.92. The molecule has 8 heteroatoms. The Morgan fingerprint density at radius 2 is 1.88 bits per heavy atom. The molecular formula is C18H23N5O3. The first-order valence-corrected chi connectivity index (χ1v) is 9.19. The molecule has 3 heterocycles. The van der Waals surface area contributed by atoms with Gasteiger partial charge in [-0.2, -0.15) is 10.2 Å². The second kappa shape index (κ2) is 7.03. The Morgan fingerprint density at radius 3 is 2.77 bits per heavy atom. The minimum Gasteiger partial charge on any atom is -0.380 e. The van der Waals surface area contributed by atoms with E-state index in [0.717, 1.165) is 66.7 Å². The van der Waals surface area contributed by atoms with Crippen LogP contribution in [0.15, 0.2) is 9.59 Å². The molecule has 4 rings (SSSR count). The molecule has 1 aliphatic heterocycles. The monoisotopic (exact) mass is 357 g/mol. The Bertz CT molecular complexity index is 933. The van der Waals surface area contributed by atoms with Crippen molar-refractivity contribution in [1.29, 1.82) is 0 Å². The lowest BCUT2D eigenvalue weighted by atomic mass is 9.89. The molecule has 0 bridgehead atoms. The zero-order valence-electron chi connectivity index (χ0n) is 14.9. The van der Waals surface area contributed by atoms with E-state index < -0.39 is 0 Å². The highest BCUT2D eigenvalue weighted by atomic mass is 16.5. The van der Waals surface area contributed by atoms with Crippen LogP contribution in [0.4, 0.5) is 5.69 Å². The Hall–Kier alpha value is -2.48. The first kappa shape index (κ1) is 17.0. The number of nitrogens with zero attached hydrogens (tertiary/aromatic N) is 2. The lowest BCUT2D eigenvalue weighted by Crippen LogP contribution is -2.27. The van der Waals surface area contributed by atoms with Crippen molar-refractivity contribution >= 4 is 5.69 Å². The molecule has 1 atom stereocenters. The molecule has 0 spiro atoms. The first-order chi connectivity index (χ1) is 12.6. The largest absolute Gasteiger partial charge is 0.380 e. The maximum Gasteiger partial charge on any atom is 0.287 e. The van der Waals surface area contributed by atoms with E-state index in [1.54, 1.807) is 0 Å². The SMILES string of the molecule is Cc1n[nH]c(=O)c2c1CCCC2OCCc1n[nH]c(=O)c2c1CCCN2. The number of nitrogens with one attached hydrogen (secondary N) is 3. The summed E-state index contributed by atoms with van der Waals surface area (Å²) in [5.41, 5.74) is 4.79. The summed E-state index contributed by atoms with van der Waals surface area (Å²) in [7, 11) is 0. The maximum absolute atomic E-state index is 12.2. The van der Waals surface area contributed by atoms with E-state index >= 15 is 0 Å². The molecule has 0 fully saturated rings. The molecule has 2 aromatic heterocycles. The van der Waals surface area contributed by atoms with Crippen molar-refractivity contribution in [1.82, 2.24) is 20.4 Å². The van der Waals surface area contributed by atoms with Gasteiger partial charge in [0.2, 0.25) is 0 Å². The molecule has 2 aliphatic rings. The van der Waals surface area contributed by atoms with Crippen molar-refractivity contribution in [2.75, 3.05) is 18.5 Å². The van der Waals surface area contributed by atoms with Crippen molar-refractivity contribution in [3.63, 3.8) is 0 Å². The molecule has 2 aromatic rings. The molecule has 0 saturated heterocycles. The number of aryl methyl sites for hydroxylation is 1. The van der Waals surface area contributed by atoms with Crippen LogP contribution in [0.25, 0.3) is 0 Å². The topological polar surface area (TPSA) is 113 Å². The smallest absolute Gasteiger partial charge is 0.287 e. The normalized spacial score (nSPS) is 18.7. The standard InChI is InChI=1S/C18H23N5O3/c1-10-11-4-2-6-14(15(11)17(24)22-20-10)26-9-7-13-12-5-3-8-19-16(12)18(25)23-21-13/h14,19H,2-9H2,1H3,(H,22,24)(H,23,25). The fraction of sp³-hybridized carbons (Fsp3) is 0.556. The van der Waals surface area contributed by atoms with Crippen molar-refractivity contribution < 1.29 is 4.74 Å². The molecule has 0 saturated carbocycles. The number of anilines is 1. The highest BCUT2D eigenvalue weighted by Crippen LogP contribution is 2.31. The number of ether oxygens (including phenoxy) is 1. The third-order valence-corrected chi connectivity index (χ3v) is 5.28. The van der Waals surface area contributed by atoms with Gasteiger partial charge >= 0.3 is 0 Å². The highest BCUT2D eigenvalue weighted by molar-refractivity contribution is 5.52. The van der Waals surface area contributed by atoms with Gasteiger partial charge in [0.15, 0.2) is 0 Å². The van der Waals surface area contributed by atoms with Crippen LogP contribution in [0, 0.1) is 6.92 Å². The van der Waals surface area contributed by atoms with Gasteiger partial charge in [-0.15, -0.1) is 0 Å². The van der Waals surface area contributed by atoms with Crippen molar-refractivity contribution in [2.24, 2.45) is 0 Å². The molecule has 8 nitrogen and oxygen atoms in total. The van der Waals surface area contributed by atoms with Gasteiger partial charge in [-0.05, 0) is 44.6 Å². The molecule has 0 amide bonds. The van der Waals surface area contributed by atoms with E-state index in [1.807, 2.05) is 6.92 Å². The summed E-state index contributed by atoms with van der Waals surface area (Å²) in [6.07, 6.45) is 4.93. The van der Waals surface area contributed by atoms with E-state index in [9.17, 15) is 9.59 Å². The summed E-state index contributed by atoms with van der Waals surface area (Å²) in [5, 5.41) is 16.6. The summed E-state index contributed by atoms with van der Waals surface area (Å²) in [5.74, 6) is 0. The summed E-state index contributed by atoms with van der Waals surface area (Å²) in [6, 6.07) is 0. The average Bonchev–Trinajstić information content (AvgIpc) is 2.67. The van der Waals surface area contributed by atoms with E-state index in [4.69, 9.17) is 4.74 Å². The number of fused-ring (bicyclic) bond motifs is 2. The Labute approximate surface area is 150 Å². The highest BCUT2D eigenvalue weighted by Gasteiger charge is 2.26. The van der Waals surface area contributed by atoms with Crippen molar-refractivity contribution in [2.45, 2.75) is 51.6 Å². The zero-order chi connectivity index (χ0) is 18.1. The average molecular weight is 357 g/mol. The fourth-order valence-electron chi connectivity index (χ4n) is 3.99. The number of aromatic amines is 2. The minimum absolute atomic E-state index is 0.154. The van der Waals surface area contributed by atoms with Crippen LogP contribution in [0.5, 0.6) is 0 Å². The molecule has 138 valence electrons. The maximum atomic E-state index is 12.2. The first-order valence-electron chi connectivity index (χ1n) is 9.19. The number of hydrogen-bond acceptors (Lipinski definition) is 6. The Balaban J connectivity index is 1.50. The van der Waals surface area contributed by atoms with Gasteiger partial charge in [0.05, 0.1) is 29.7 Å². The number of hydrogen-bond donors (Lipinski definition) is 3. The molecule has 3 N–H and O–H groups in total. The van der Waals surface area contributed by atoms with Crippen LogP contribution in [0.2, 0.25) is 0 Å². The number of H-pyrrole nitrogens is 2. The molecule has 26 heavy (non-hydrogen) atoms. The van der Waals surface area contributed by atoms with E-state index in [2.05, 4.69) is 25.7 Å². The van der Waals surface area contributed by atoms with Crippen LogP contribution in [-0.2, 0) is 24.0 Å². The Morgan fingerprint density at radius 1 is 1.08 bits per heavy atom. The summed E-state index contributed by atoms with van der Waals surface area (Å²) in [6.45, 7) is 3.18. The van der Waals surface area contributed by atoms with Crippen LogP contribution in [0.1, 0.15) is 53.4 Å². The van der Waals surface area contributed by atoms with Crippen LogP contribution < -0.4 is 16.4 Å². The van der Waals surface area contributed by atoms with Gasteiger partial charge in [0.25, 0.3) is 11.1 Å². The van der Waals surface area contributed by atoms with Crippen LogP contribution in [-0.4, -0.2) is 33.5 Å². The summed E-state index contributed by atoms with van der Waals surface area (Å²) in [4.78, 5) is 24.1. The lowest BCUT2D eigenvalue weighted by molar-refractivity contribution is 0.0409. The predicted molar refractivity (Wildman–Crippen MR) is 96.6 cm³/mol. The van der Waals surface area contributed by atoms with Gasteiger partial charge < -0.3 is 10.1 Å². The van der Waals surface area contributed by atoms with Gasteiger partial charge in [0.1, 0.15) is 5.69 Å². The predicted octanol–water partition coefficient (Wildman–Crippen LogP) is 1.16. The third-order valence-electron chi connectivity index (χ3n) is 5.28. The minimum atomic E-state index is -0.207. The molecule has 0 aromatic carbocycles. The zero-order valence-corrected chi connectivity index (χ0v) is 14.9. The Kier molecular flexibility index (Phi) is 4.58. The van der Waals surface area contributed by atoms with Crippen molar-refractivity contribution in [3.05, 3.63) is 48.8 Å². The van der Waals surface area contributed by atoms with Crippen LogP contribution in [0.3, 0.4) is 0 Å².